The van der Waals surface area contributed by atoms with E-state index in [1.165, 1.54) is 32.1 Å². The molecule has 1 aliphatic rings. The van der Waals surface area contributed by atoms with Crippen LogP contribution in [0.2, 0.25) is 0 Å². The van der Waals surface area contributed by atoms with Gasteiger partial charge in [0.2, 0.25) is 0 Å². The molecular formula is C17H24O3. The van der Waals surface area contributed by atoms with Crippen molar-refractivity contribution in [2.24, 2.45) is 5.92 Å². The minimum absolute atomic E-state index is 0.0312. The second-order valence-corrected chi connectivity index (χ2v) is 5.48. The Kier molecular flexibility index (Phi) is 6.06. The van der Waals surface area contributed by atoms with Crippen molar-refractivity contribution in [1.29, 1.82) is 0 Å². The highest BCUT2D eigenvalue weighted by Crippen LogP contribution is 2.23. The molecule has 0 unspecified atom stereocenters. The summed E-state index contributed by atoms with van der Waals surface area (Å²) in [6.07, 6.45) is 6.66. The number of carbonyl (C=O) groups is 1. The van der Waals surface area contributed by atoms with Crippen LogP contribution in [-0.4, -0.2) is 25.6 Å². The van der Waals surface area contributed by atoms with Gasteiger partial charge in [0.05, 0.1) is 12.2 Å². The third kappa shape index (κ3) is 4.64. The van der Waals surface area contributed by atoms with Gasteiger partial charge in [0.25, 0.3) is 0 Å². The van der Waals surface area contributed by atoms with Gasteiger partial charge in [0, 0.05) is 6.61 Å². The molecule has 1 aromatic carbocycles. The Hall–Kier alpha value is -1.35. The lowest BCUT2D eigenvalue weighted by Gasteiger charge is -2.21. The number of para-hydroxylation sites is 1. The fourth-order valence-electron chi connectivity index (χ4n) is 2.70. The maximum absolute atomic E-state index is 11.5. The van der Waals surface area contributed by atoms with Crippen LogP contribution in [0.5, 0.6) is 5.75 Å². The molecule has 0 heterocycles. The van der Waals surface area contributed by atoms with Gasteiger partial charge in [-0.3, -0.25) is 4.79 Å². The molecule has 3 nitrogen and oxygen atoms in total. The van der Waals surface area contributed by atoms with Crippen molar-refractivity contribution in [3.63, 3.8) is 0 Å². The summed E-state index contributed by atoms with van der Waals surface area (Å²) in [6.45, 7) is 3.49. The lowest BCUT2D eigenvalue weighted by molar-refractivity contribution is 0.0632. The number of Topliss-reactive ketones (excluding diaryl/α,β-unsaturated/α-hetero) is 1. The zero-order valence-electron chi connectivity index (χ0n) is 12.3. The van der Waals surface area contributed by atoms with E-state index in [1.807, 2.05) is 18.2 Å². The molecule has 20 heavy (non-hydrogen) atoms. The van der Waals surface area contributed by atoms with E-state index in [2.05, 4.69) is 0 Å². The molecule has 0 atom stereocenters. The van der Waals surface area contributed by atoms with Crippen molar-refractivity contribution >= 4 is 5.78 Å². The van der Waals surface area contributed by atoms with Crippen LogP contribution in [-0.2, 0) is 4.74 Å². The van der Waals surface area contributed by atoms with Gasteiger partial charge < -0.3 is 9.47 Å². The smallest absolute Gasteiger partial charge is 0.163 e. The van der Waals surface area contributed by atoms with Gasteiger partial charge >= 0.3 is 0 Å². The van der Waals surface area contributed by atoms with Crippen molar-refractivity contribution in [2.45, 2.75) is 39.0 Å². The fraction of sp³-hybridized carbons (Fsp3) is 0.588. The molecule has 110 valence electrons. The topological polar surface area (TPSA) is 35.5 Å². The van der Waals surface area contributed by atoms with Gasteiger partial charge in [-0.05, 0) is 37.8 Å². The fourth-order valence-corrected chi connectivity index (χ4v) is 2.70. The van der Waals surface area contributed by atoms with Gasteiger partial charge in [0.15, 0.2) is 5.78 Å². The Bertz CT molecular complexity index is 422. The van der Waals surface area contributed by atoms with Crippen LogP contribution in [0.1, 0.15) is 49.4 Å². The zero-order valence-corrected chi connectivity index (χ0v) is 12.3. The van der Waals surface area contributed by atoms with E-state index in [9.17, 15) is 4.79 Å². The Balaban J connectivity index is 1.67. The minimum atomic E-state index is 0.0312. The molecule has 0 amide bonds. The Labute approximate surface area is 121 Å². The van der Waals surface area contributed by atoms with E-state index in [-0.39, 0.29) is 5.78 Å². The Morgan fingerprint density at radius 1 is 1.15 bits per heavy atom. The first-order chi connectivity index (χ1) is 9.77. The second-order valence-electron chi connectivity index (χ2n) is 5.48. The molecule has 1 aromatic rings. The molecular weight excluding hydrogens is 252 g/mol. The summed E-state index contributed by atoms with van der Waals surface area (Å²) in [5.74, 6) is 1.42. The van der Waals surface area contributed by atoms with Gasteiger partial charge in [-0.25, -0.2) is 0 Å². The van der Waals surface area contributed by atoms with Gasteiger partial charge in [-0.15, -0.1) is 0 Å². The zero-order chi connectivity index (χ0) is 14.2. The van der Waals surface area contributed by atoms with Crippen LogP contribution in [0.15, 0.2) is 24.3 Å². The number of hydrogen-bond acceptors (Lipinski definition) is 3. The van der Waals surface area contributed by atoms with E-state index in [0.29, 0.717) is 24.5 Å². The first-order valence-electron chi connectivity index (χ1n) is 7.58. The number of ether oxygens (including phenoxy) is 2. The molecule has 1 aliphatic carbocycles. The third-order valence-electron chi connectivity index (χ3n) is 3.83. The van der Waals surface area contributed by atoms with E-state index in [0.717, 1.165) is 12.5 Å². The van der Waals surface area contributed by atoms with E-state index >= 15 is 0 Å². The molecule has 3 heteroatoms. The standard InChI is InChI=1S/C17H24O3/c1-14(18)16-9-5-6-10-17(16)20-12-11-19-13-15-7-3-2-4-8-15/h5-6,9-10,15H,2-4,7-8,11-13H2,1H3. The minimum Gasteiger partial charge on any atom is -0.490 e. The average Bonchev–Trinajstić information content (AvgIpc) is 2.48. The van der Waals surface area contributed by atoms with Crippen LogP contribution in [0.3, 0.4) is 0 Å². The summed E-state index contributed by atoms with van der Waals surface area (Å²) in [6, 6.07) is 7.35. The lowest BCUT2D eigenvalue weighted by Crippen LogP contribution is -2.16. The van der Waals surface area contributed by atoms with Gasteiger partial charge in [-0.1, -0.05) is 31.4 Å². The maximum atomic E-state index is 11.5. The molecule has 0 saturated heterocycles. The first kappa shape index (κ1) is 15.0. The number of rotatable bonds is 7. The molecule has 0 radical (unpaired) electrons. The maximum Gasteiger partial charge on any atom is 0.163 e. The predicted octanol–water partition coefficient (Wildman–Crippen LogP) is 3.86. The molecule has 0 aliphatic heterocycles. The predicted molar refractivity (Wildman–Crippen MR) is 79.3 cm³/mol. The lowest BCUT2D eigenvalue weighted by atomic mass is 9.90. The number of carbonyl (C=O) groups excluding carboxylic acids is 1. The molecule has 0 N–H and O–H groups in total. The number of hydrogen-bond donors (Lipinski definition) is 0. The largest absolute Gasteiger partial charge is 0.490 e. The molecule has 0 bridgehead atoms. The summed E-state index contributed by atoms with van der Waals surface area (Å²) in [7, 11) is 0. The summed E-state index contributed by atoms with van der Waals surface area (Å²) < 4.78 is 11.3. The molecule has 1 saturated carbocycles. The SMILES string of the molecule is CC(=O)c1ccccc1OCCOCC1CCCCC1. The van der Waals surface area contributed by atoms with E-state index in [1.54, 1.807) is 13.0 Å². The van der Waals surface area contributed by atoms with Crippen LogP contribution in [0.25, 0.3) is 0 Å². The Morgan fingerprint density at radius 3 is 2.65 bits per heavy atom. The van der Waals surface area contributed by atoms with E-state index < -0.39 is 0 Å². The van der Waals surface area contributed by atoms with Crippen molar-refractivity contribution in [2.75, 3.05) is 19.8 Å². The molecule has 1 fully saturated rings. The summed E-state index contributed by atoms with van der Waals surface area (Å²) in [4.78, 5) is 11.5. The molecule has 0 aromatic heterocycles. The van der Waals surface area contributed by atoms with Crippen molar-refractivity contribution in [3.8, 4) is 5.75 Å². The van der Waals surface area contributed by atoms with Crippen molar-refractivity contribution < 1.29 is 14.3 Å². The van der Waals surface area contributed by atoms with Crippen molar-refractivity contribution in [3.05, 3.63) is 29.8 Å². The van der Waals surface area contributed by atoms with Gasteiger partial charge in [-0.2, -0.15) is 0 Å². The molecule has 2 rings (SSSR count). The number of benzene rings is 1. The monoisotopic (exact) mass is 276 g/mol. The average molecular weight is 276 g/mol. The summed E-state index contributed by atoms with van der Waals surface area (Å²) in [5, 5.41) is 0. The normalized spacial score (nSPS) is 16.1. The van der Waals surface area contributed by atoms with Crippen LogP contribution in [0.4, 0.5) is 0 Å². The van der Waals surface area contributed by atoms with Crippen LogP contribution >= 0.6 is 0 Å². The highest BCUT2D eigenvalue weighted by atomic mass is 16.5. The summed E-state index contributed by atoms with van der Waals surface area (Å²) >= 11 is 0. The van der Waals surface area contributed by atoms with Crippen LogP contribution < -0.4 is 4.74 Å². The van der Waals surface area contributed by atoms with Gasteiger partial charge in [0.1, 0.15) is 12.4 Å². The number of ketones is 1. The second kappa shape index (κ2) is 8.05. The van der Waals surface area contributed by atoms with Crippen LogP contribution in [0, 0.1) is 5.92 Å². The third-order valence-corrected chi connectivity index (χ3v) is 3.83. The first-order valence-corrected chi connectivity index (χ1v) is 7.58. The highest BCUT2D eigenvalue weighted by molar-refractivity contribution is 5.96. The van der Waals surface area contributed by atoms with Crippen molar-refractivity contribution in [1.82, 2.24) is 0 Å². The Morgan fingerprint density at radius 2 is 1.90 bits per heavy atom. The molecule has 0 spiro atoms. The van der Waals surface area contributed by atoms with E-state index in [4.69, 9.17) is 9.47 Å². The highest BCUT2D eigenvalue weighted by Gasteiger charge is 2.13. The quantitative estimate of drug-likeness (QED) is 0.560. The summed E-state index contributed by atoms with van der Waals surface area (Å²) in [5.41, 5.74) is 0.639.